The highest BCUT2D eigenvalue weighted by atomic mass is 32.2. The third kappa shape index (κ3) is 2.96. The van der Waals surface area contributed by atoms with Crippen LogP contribution in [-0.4, -0.2) is 31.4 Å². The van der Waals surface area contributed by atoms with Crippen molar-refractivity contribution in [1.29, 1.82) is 0 Å². The van der Waals surface area contributed by atoms with Crippen molar-refractivity contribution in [2.45, 2.75) is 5.16 Å². The van der Waals surface area contributed by atoms with Gasteiger partial charge >= 0.3 is 0 Å². The Morgan fingerprint density at radius 1 is 1.27 bits per heavy atom. The Hall–Kier alpha value is -2.74. The topological polar surface area (TPSA) is 102 Å². The number of nitrogens with zero attached hydrogens (tertiary/aromatic N) is 3. The van der Waals surface area contributed by atoms with Crippen molar-refractivity contribution < 1.29 is 9.72 Å². The molecule has 0 aliphatic carbocycles. The highest BCUT2D eigenvalue weighted by Crippen LogP contribution is 2.20. The monoisotopic (exact) mass is 314 g/mol. The van der Waals surface area contributed by atoms with E-state index in [9.17, 15) is 14.9 Å². The van der Waals surface area contributed by atoms with Crippen molar-refractivity contribution in [1.82, 2.24) is 15.0 Å². The number of fused-ring (bicyclic) bond motifs is 1. The quantitative estimate of drug-likeness (QED) is 0.336. The predicted octanol–water partition coefficient (Wildman–Crippen LogP) is 2.84. The van der Waals surface area contributed by atoms with E-state index in [0.29, 0.717) is 16.4 Å². The zero-order valence-corrected chi connectivity index (χ0v) is 12.0. The van der Waals surface area contributed by atoms with Gasteiger partial charge in [0.1, 0.15) is 0 Å². The number of hydrogen-bond donors (Lipinski definition) is 1. The minimum atomic E-state index is -0.496. The summed E-state index contributed by atoms with van der Waals surface area (Å²) in [4.78, 5) is 33.6. The Bertz CT molecular complexity index is 812. The fourth-order valence-corrected chi connectivity index (χ4v) is 2.65. The summed E-state index contributed by atoms with van der Waals surface area (Å²) >= 11 is 1.27. The number of nitrogens with one attached hydrogen (secondary N) is 1. The molecule has 2 heterocycles. The van der Waals surface area contributed by atoms with Crippen molar-refractivity contribution >= 4 is 34.4 Å². The van der Waals surface area contributed by atoms with Gasteiger partial charge in [-0.3, -0.25) is 14.9 Å². The Morgan fingerprint density at radius 2 is 2.05 bits per heavy atom. The lowest BCUT2D eigenvalue weighted by Gasteiger charge is -1.99. The van der Waals surface area contributed by atoms with Crippen LogP contribution in [0.1, 0.15) is 10.4 Å². The third-order valence-electron chi connectivity index (χ3n) is 2.98. The molecular weight excluding hydrogens is 304 g/mol. The second-order valence-corrected chi connectivity index (χ2v) is 5.40. The Labute approximate surface area is 128 Å². The number of H-pyrrole nitrogens is 1. The van der Waals surface area contributed by atoms with E-state index in [4.69, 9.17) is 0 Å². The number of aromatic nitrogens is 3. The summed E-state index contributed by atoms with van der Waals surface area (Å²) in [5.41, 5.74) is 1.82. The number of rotatable bonds is 5. The summed E-state index contributed by atoms with van der Waals surface area (Å²) < 4.78 is 0. The van der Waals surface area contributed by atoms with Crippen LogP contribution in [0.25, 0.3) is 11.2 Å². The van der Waals surface area contributed by atoms with Gasteiger partial charge in [0.25, 0.3) is 5.69 Å². The molecule has 3 aromatic rings. The number of benzene rings is 1. The van der Waals surface area contributed by atoms with E-state index in [1.165, 1.54) is 36.0 Å². The molecule has 1 N–H and O–H groups in total. The first-order valence-corrected chi connectivity index (χ1v) is 7.33. The molecule has 0 unspecified atom stereocenters. The third-order valence-corrected chi connectivity index (χ3v) is 3.85. The maximum atomic E-state index is 12.1. The highest BCUT2D eigenvalue weighted by molar-refractivity contribution is 7.99. The molecule has 0 aliphatic rings. The number of non-ortho nitro benzene ring substituents is 1. The number of pyridine rings is 1. The second-order valence-electron chi connectivity index (χ2n) is 4.43. The number of thioether (sulfide) groups is 1. The molecule has 3 rings (SSSR count). The van der Waals surface area contributed by atoms with E-state index in [0.717, 1.165) is 5.52 Å². The van der Waals surface area contributed by atoms with Gasteiger partial charge < -0.3 is 4.98 Å². The van der Waals surface area contributed by atoms with Gasteiger partial charge in [-0.1, -0.05) is 11.8 Å². The smallest absolute Gasteiger partial charge is 0.269 e. The molecule has 0 spiro atoms. The van der Waals surface area contributed by atoms with Crippen LogP contribution in [0, 0.1) is 10.1 Å². The molecule has 0 amide bonds. The molecule has 0 aliphatic heterocycles. The summed E-state index contributed by atoms with van der Waals surface area (Å²) in [7, 11) is 0. The fourth-order valence-electron chi connectivity index (χ4n) is 1.88. The number of aromatic amines is 1. The number of nitro benzene ring substituents is 1. The Kier molecular flexibility index (Phi) is 3.84. The van der Waals surface area contributed by atoms with Crippen LogP contribution in [0.2, 0.25) is 0 Å². The van der Waals surface area contributed by atoms with Crippen molar-refractivity contribution in [3.8, 4) is 0 Å². The normalized spacial score (nSPS) is 10.7. The predicted molar refractivity (Wildman–Crippen MR) is 82.0 cm³/mol. The molecule has 2 aromatic heterocycles. The molecule has 22 heavy (non-hydrogen) atoms. The Balaban J connectivity index is 1.67. The van der Waals surface area contributed by atoms with Crippen LogP contribution in [-0.2, 0) is 0 Å². The molecule has 110 valence electrons. The molecular formula is C14H10N4O3S. The summed E-state index contributed by atoms with van der Waals surface area (Å²) in [6.07, 6.45) is 1.65. The zero-order chi connectivity index (χ0) is 15.5. The minimum Gasteiger partial charge on any atom is -0.332 e. The zero-order valence-electron chi connectivity index (χ0n) is 11.2. The van der Waals surface area contributed by atoms with Gasteiger partial charge in [-0.25, -0.2) is 9.97 Å². The van der Waals surface area contributed by atoms with Crippen LogP contribution >= 0.6 is 11.8 Å². The average molecular weight is 314 g/mol. The summed E-state index contributed by atoms with van der Waals surface area (Å²) in [6.45, 7) is 0. The van der Waals surface area contributed by atoms with E-state index >= 15 is 0 Å². The minimum absolute atomic E-state index is 0.0347. The van der Waals surface area contributed by atoms with Gasteiger partial charge in [-0.15, -0.1) is 0 Å². The van der Waals surface area contributed by atoms with Gasteiger partial charge in [0.05, 0.1) is 16.2 Å². The van der Waals surface area contributed by atoms with Crippen molar-refractivity contribution in [2.24, 2.45) is 0 Å². The SMILES string of the molecule is O=C(CSc1nc2ncccc2[nH]1)c1ccc([N+](=O)[O-])cc1. The molecule has 0 radical (unpaired) electrons. The fraction of sp³-hybridized carbons (Fsp3) is 0.0714. The number of carbonyl (C=O) groups excluding carboxylic acids is 1. The Morgan fingerprint density at radius 3 is 2.73 bits per heavy atom. The number of carbonyl (C=O) groups is 1. The number of ketones is 1. The average Bonchev–Trinajstić information content (AvgIpc) is 2.95. The largest absolute Gasteiger partial charge is 0.332 e. The molecule has 7 nitrogen and oxygen atoms in total. The molecule has 0 atom stereocenters. The first-order chi connectivity index (χ1) is 10.6. The van der Waals surface area contributed by atoms with Crippen LogP contribution in [0.3, 0.4) is 0 Å². The lowest BCUT2D eigenvalue weighted by Crippen LogP contribution is -2.02. The van der Waals surface area contributed by atoms with Crippen LogP contribution in [0.5, 0.6) is 0 Å². The molecule has 0 saturated heterocycles. The van der Waals surface area contributed by atoms with Gasteiger partial charge in [0.2, 0.25) is 0 Å². The molecule has 1 aromatic carbocycles. The van der Waals surface area contributed by atoms with Crippen LogP contribution in [0.15, 0.2) is 47.8 Å². The van der Waals surface area contributed by atoms with Crippen molar-refractivity contribution in [3.63, 3.8) is 0 Å². The summed E-state index contributed by atoms with van der Waals surface area (Å²) in [6, 6.07) is 9.23. The first-order valence-electron chi connectivity index (χ1n) is 6.34. The maximum Gasteiger partial charge on any atom is 0.269 e. The van der Waals surface area contributed by atoms with E-state index in [2.05, 4.69) is 15.0 Å². The van der Waals surface area contributed by atoms with Gasteiger partial charge in [0, 0.05) is 23.9 Å². The molecule has 0 fully saturated rings. The number of nitro groups is 1. The van der Waals surface area contributed by atoms with E-state index < -0.39 is 4.92 Å². The first kappa shape index (κ1) is 14.2. The maximum absolute atomic E-state index is 12.1. The number of imidazole rings is 1. The van der Waals surface area contributed by atoms with Crippen molar-refractivity contribution in [3.05, 3.63) is 58.3 Å². The number of hydrogen-bond acceptors (Lipinski definition) is 6. The standard InChI is InChI=1S/C14H10N4O3S/c19-12(9-3-5-10(6-4-9)18(20)21)8-22-14-16-11-2-1-7-15-13(11)17-14/h1-7H,8H2,(H,15,16,17). The lowest BCUT2D eigenvalue weighted by atomic mass is 10.1. The number of Topliss-reactive ketones (excluding diaryl/α,β-unsaturated/α-hetero) is 1. The van der Waals surface area contributed by atoms with Crippen LogP contribution < -0.4 is 0 Å². The summed E-state index contributed by atoms with van der Waals surface area (Å²) in [5.74, 6) is 0.0748. The second kappa shape index (κ2) is 5.94. The summed E-state index contributed by atoms with van der Waals surface area (Å²) in [5, 5.41) is 11.2. The van der Waals surface area contributed by atoms with Crippen LogP contribution in [0.4, 0.5) is 5.69 Å². The highest BCUT2D eigenvalue weighted by Gasteiger charge is 2.11. The molecule has 8 heteroatoms. The van der Waals surface area contributed by atoms with E-state index in [1.54, 1.807) is 12.3 Å². The van der Waals surface area contributed by atoms with E-state index in [-0.39, 0.29) is 17.2 Å². The molecule has 0 saturated carbocycles. The molecule has 0 bridgehead atoms. The van der Waals surface area contributed by atoms with Gasteiger partial charge in [-0.2, -0.15) is 0 Å². The lowest BCUT2D eigenvalue weighted by molar-refractivity contribution is -0.384. The van der Waals surface area contributed by atoms with Gasteiger partial charge in [-0.05, 0) is 24.3 Å². The van der Waals surface area contributed by atoms with Crippen molar-refractivity contribution in [2.75, 3.05) is 5.75 Å². The van der Waals surface area contributed by atoms with E-state index in [1.807, 2.05) is 6.07 Å². The van der Waals surface area contributed by atoms with Gasteiger partial charge in [0.15, 0.2) is 16.6 Å².